The standard InChI is InChI=1S/C6H4Cl2F2N2O/c1-12-4(7)2(5(8)13)3(11-12)6(9)10/h6H,1H3. The van der Waals surface area contributed by atoms with Crippen LogP contribution in [-0.4, -0.2) is 15.0 Å². The maximum Gasteiger partial charge on any atom is 0.282 e. The smallest absolute Gasteiger partial charge is 0.275 e. The lowest BCUT2D eigenvalue weighted by molar-refractivity contribution is 0.106. The normalized spacial score (nSPS) is 10.9. The van der Waals surface area contributed by atoms with Crippen LogP contribution in [0.4, 0.5) is 8.78 Å². The van der Waals surface area contributed by atoms with Gasteiger partial charge in [-0.25, -0.2) is 8.78 Å². The second-order valence-corrected chi connectivity index (χ2v) is 2.95. The summed E-state index contributed by atoms with van der Waals surface area (Å²) >= 11 is 10.6. The molecule has 1 aromatic rings. The van der Waals surface area contributed by atoms with Crippen LogP contribution in [0.2, 0.25) is 5.15 Å². The van der Waals surface area contributed by atoms with E-state index in [1.54, 1.807) is 0 Å². The Bertz CT molecular complexity index is 351. The molecule has 0 spiro atoms. The molecule has 1 rings (SSSR count). The Labute approximate surface area is 82.2 Å². The summed E-state index contributed by atoms with van der Waals surface area (Å²) < 4.78 is 25.4. The van der Waals surface area contributed by atoms with Gasteiger partial charge < -0.3 is 0 Å². The van der Waals surface area contributed by atoms with Crippen LogP contribution in [-0.2, 0) is 7.05 Å². The molecule has 13 heavy (non-hydrogen) atoms. The minimum Gasteiger partial charge on any atom is -0.275 e. The Morgan fingerprint density at radius 3 is 2.46 bits per heavy atom. The summed E-state index contributed by atoms with van der Waals surface area (Å²) in [7, 11) is 1.34. The maximum absolute atomic E-state index is 12.2. The van der Waals surface area contributed by atoms with Gasteiger partial charge in [0.2, 0.25) is 0 Å². The van der Waals surface area contributed by atoms with Crippen molar-refractivity contribution in [2.24, 2.45) is 7.05 Å². The van der Waals surface area contributed by atoms with E-state index in [1.165, 1.54) is 7.05 Å². The molecule has 0 saturated heterocycles. The summed E-state index contributed by atoms with van der Waals surface area (Å²) in [6.07, 6.45) is -2.86. The average Bonchev–Trinajstić information content (AvgIpc) is 2.28. The molecule has 0 fully saturated rings. The van der Waals surface area contributed by atoms with Gasteiger partial charge in [0.05, 0.1) is 0 Å². The number of hydrogen-bond acceptors (Lipinski definition) is 2. The van der Waals surface area contributed by atoms with E-state index >= 15 is 0 Å². The van der Waals surface area contributed by atoms with Crippen LogP contribution in [0.5, 0.6) is 0 Å². The Kier molecular flexibility index (Phi) is 2.87. The van der Waals surface area contributed by atoms with Crippen molar-refractivity contribution in [3.8, 4) is 0 Å². The second kappa shape index (κ2) is 3.59. The van der Waals surface area contributed by atoms with E-state index in [2.05, 4.69) is 5.10 Å². The van der Waals surface area contributed by atoms with Crippen molar-refractivity contribution in [2.75, 3.05) is 0 Å². The zero-order chi connectivity index (χ0) is 10.2. The Balaban J connectivity index is 3.35. The first-order chi connectivity index (χ1) is 5.95. The molecule has 7 heteroatoms. The topological polar surface area (TPSA) is 34.9 Å². The molecule has 1 aromatic heterocycles. The van der Waals surface area contributed by atoms with Crippen molar-refractivity contribution < 1.29 is 13.6 Å². The molecule has 0 aliphatic rings. The van der Waals surface area contributed by atoms with Gasteiger partial charge in [-0.1, -0.05) is 11.6 Å². The number of hydrogen-bond donors (Lipinski definition) is 0. The van der Waals surface area contributed by atoms with Crippen LogP contribution < -0.4 is 0 Å². The quantitative estimate of drug-likeness (QED) is 0.729. The zero-order valence-electron chi connectivity index (χ0n) is 6.39. The summed E-state index contributed by atoms with van der Waals surface area (Å²) in [5, 5.41) is 2.14. The highest BCUT2D eigenvalue weighted by molar-refractivity contribution is 6.68. The van der Waals surface area contributed by atoms with Gasteiger partial charge in [0.1, 0.15) is 16.4 Å². The van der Waals surface area contributed by atoms with Gasteiger partial charge in [0.25, 0.3) is 11.7 Å². The van der Waals surface area contributed by atoms with Crippen LogP contribution in [0.1, 0.15) is 22.5 Å². The molecule has 0 atom stereocenters. The molecular weight excluding hydrogens is 225 g/mol. The lowest BCUT2D eigenvalue weighted by atomic mass is 10.3. The molecule has 0 radical (unpaired) electrons. The molecule has 0 aliphatic carbocycles. The van der Waals surface area contributed by atoms with E-state index < -0.39 is 22.9 Å². The molecule has 3 nitrogen and oxygen atoms in total. The summed E-state index contributed by atoms with van der Waals surface area (Å²) in [6.45, 7) is 0. The molecule has 0 aromatic carbocycles. The highest BCUT2D eigenvalue weighted by Crippen LogP contribution is 2.28. The first-order valence-corrected chi connectivity index (χ1v) is 3.91. The van der Waals surface area contributed by atoms with Gasteiger partial charge in [-0.3, -0.25) is 9.48 Å². The monoisotopic (exact) mass is 228 g/mol. The van der Waals surface area contributed by atoms with Gasteiger partial charge in [-0.05, 0) is 11.6 Å². The van der Waals surface area contributed by atoms with Crippen LogP contribution in [0.25, 0.3) is 0 Å². The van der Waals surface area contributed by atoms with Crippen molar-refractivity contribution in [1.82, 2.24) is 9.78 Å². The summed E-state index contributed by atoms with van der Waals surface area (Å²) in [4.78, 5) is 10.7. The highest BCUT2D eigenvalue weighted by atomic mass is 35.5. The summed E-state index contributed by atoms with van der Waals surface area (Å²) in [5.41, 5.74) is -1.12. The number of nitrogens with zero attached hydrogens (tertiary/aromatic N) is 2. The molecule has 0 saturated carbocycles. The predicted molar refractivity (Wildman–Crippen MR) is 43.4 cm³/mol. The number of carbonyl (C=O) groups is 1. The van der Waals surface area contributed by atoms with Gasteiger partial charge in [0, 0.05) is 7.05 Å². The Hall–Kier alpha value is -0.680. The summed E-state index contributed by atoms with van der Waals surface area (Å²) in [6, 6.07) is 0. The van der Waals surface area contributed by atoms with Gasteiger partial charge in [0.15, 0.2) is 0 Å². The van der Waals surface area contributed by atoms with E-state index in [9.17, 15) is 13.6 Å². The summed E-state index contributed by atoms with van der Waals surface area (Å²) in [5.74, 6) is 0. The SMILES string of the molecule is Cn1nc(C(F)F)c(C(=O)Cl)c1Cl. The Morgan fingerprint density at radius 2 is 2.15 bits per heavy atom. The maximum atomic E-state index is 12.2. The fourth-order valence-corrected chi connectivity index (χ4v) is 1.31. The number of halogens is 4. The van der Waals surface area contributed by atoms with Crippen LogP contribution >= 0.6 is 23.2 Å². The van der Waals surface area contributed by atoms with Crippen molar-refractivity contribution in [3.63, 3.8) is 0 Å². The minimum absolute atomic E-state index is 0.185. The molecule has 72 valence electrons. The number of aromatic nitrogens is 2. The van der Waals surface area contributed by atoms with Crippen molar-refractivity contribution in [1.29, 1.82) is 0 Å². The molecule has 1 heterocycles. The molecule has 0 aliphatic heterocycles. The van der Waals surface area contributed by atoms with Crippen molar-refractivity contribution in [3.05, 3.63) is 16.4 Å². The van der Waals surface area contributed by atoms with Crippen LogP contribution in [0.3, 0.4) is 0 Å². The average molecular weight is 229 g/mol. The second-order valence-electron chi connectivity index (χ2n) is 2.25. The van der Waals surface area contributed by atoms with Crippen molar-refractivity contribution in [2.45, 2.75) is 6.43 Å². The minimum atomic E-state index is -2.86. The molecule has 0 N–H and O–H groups in total. The fraction of sp³-hybridized carbons (Fsp3) is 0.333. The van der Waals surface area contributed by atoms with E-state index in [0.717, 1.165) is 4.68 Å². The Morgan fingerprint density at radius 1 is 1.62 bits per heavy atom. The number of alkyl halides is 2. The number of rotatable bonds is 2. The van der Waals surface area contributed by atoms with E-state index in [-0.39, 0.29) is 5.15 Å². The van der Waals surface area contributed by atoms with E-state index in [0.29, 0.717) is 0 Å². The third-order valence-electron chi connectivity index (χ3n) is 1.41. The molecular formula is C6H4Cl2F2N2O. The largest absolute Gasteiger partial charge is 0.282 e. The van der Waals surface area contributed by atoms with Gasteiger partial charge in [-0.2, -0.15) is 5.10 Å². The molecule has 0 amide bonds. The number of aryl methyl sites for hydroxylation is 1. The van der Waals surface area contributed by atoms with Crippen LogP contribution in [0, 0.1) is 0 Å². The molecule has 0 bridgehead atoms. The fourth-order valence-electron chi connectivity index (χ4n) is 0.858. The first-order valence-electron chi connectivity index (χ1n) is 3.15. The van der Waals surface area contributed by atoms with Crippen molar-refractivity contribution >= 4 is 28.4 Å². The van der Waals surface area contributed by atoms with E-state index in [4.69, 9.17) is 23.2 Å². The third-order valence-corrected chi connectivity index (χ3v) is 2.03. The third kappa shape index (κ3) is 1.81. The van der Waals surface area contributed by atoms with Gasteiger partial charge >= 0.3 is 0 Å². The van der Waals surface area contributed by atoms with E-state index in [1.807, 2.05) is 0 Å². The predicted octanol–water partition coefficient (Wildman–Crippen LogP) is 2.39. The first kappa shape index (κ1) is 10.4. The molecule has 0 unspecified atom stereocenters. The lowest BCUT2D eigenvalue weighted by Crippen LogP contribution is -1.95. The van der Waals surface area contributed by atoms with Gasteiger partial charge in [-0.15, -0.1) is 0 Å². The zero-order valence-corrected chi connectivity index (χ0v) is 7.90. The van der Waals surface area contributed by atoms with Crippen LogP contribution in [0.15, 0.2) is 0 Å². The highest BCUT2D eigenvalue weighted by Gasteiger charge is 2.25. The lowest BCUT2D eigenvalue weighted by Gasteiger charge is -1.94. The number of carbonyl (C=O) groups excluding carboxylic acids is 1.